The zero-order valence-electron chi connectivity index (χ0n) is 11.4. The molecule has 0 saturated carbocycles. The zero-order chi connectivity index (χ0) is 13.9. The summed E-state index contributed by atoms with van der Waals surface area (Å²) in [6.45, 7) is 4.40. The van der Waals surface area contributed by atoms with Crippen LogP contribution in [0.3, 0.4) is 0 Å². The molecule has 1 fully saturated rings. The van der Waals surface area contributed by atoms with Crippen molar-refractivity contribution in [2.24, 2.45) is 0 Å². The maximum Gasteiger partial charge on any atom is 0.242 e. The van der Waals surface area contributed by atoms with Gasteiger partial charge in [0.25, 0.3) is 0 Å². The quantitative estimate of drug-likeness (QED) is 0.940. The number of aryl methyl sites for hydroxylation is 1. The first-order valence-electron chi connectivity index (χ1n) is 6.70. The standard InChI is InChI=1S/C15H17N3OS/c1-11-4-2-3-5-13(11)14-15(19)17-6-7-18(14)9-12-8-16-10-20-12/h2-5,8,10,14H,6-7,9H2,1H3,(H,17,19)/t14-/m0/s1. The number of benzene rings is 1. The summed E-state index contributed by atoms with van der Waals surface area (Å²) >= 11 is 1.63. The minimum Gasteiger partial charge on any atom is -0.353 e. The van der Waals surface area contributed by atoms with Gasteiger partial charge >= 0.3 is 0 Å². The Bertz CT molecular complexity index is 597. The number of amides is 1. The van der Waals surface area contributed by atoms with Crippen molar-refractivity contribution in [3.63, 3.8) is 0 Å². The molecule has 2 heterocycles. The molecule has 0 bridgehead atoms. The number of nitrogens with zero attached hydrogens (tertiary/aromatic N) is 2. The van der Waals surface area contributed by atoms with Gasteiger partial charge in [0.15, 0.2) is 0 Å². The lowest BCUT2D eigenvalue weighted by molar-refractivity contribution is -0.129. The van der Waals surface area contributed by atoms with Gasteiger partial charge in [-0.2, -0.15) is 0 Å². The minimum atomic E-state index is -0.202. The van der Waals surface area contributed by atoms with Gasteiger partial charge in [0.1, 0.15) is 6.04 Å². The fourth-order valence-electron chi connectivity index (χ4n) is 2.64. The molecule has 0 unspecified atom stereocenters. The first-order valence-corrected chi connectivity index (χ1v) is 7.58. The SMILES string of the molecule is Cc1ccccc1[C@H]1C(=O)NCCN1Cc1cncs1. The molecule has 4 nitrogen and oxygen atoms in total. The Hall–Kier alpha value is -1.72. The Morgan fingerprint density at radius 1 is 1.45 bits per heavy atom. The van der Waals surface area contributed by atoms with E-state index in [4.69, 9.17) is 0 Å². The molecule has 1 aromatic carbocycles. The van der Waals surface area contributed by atoms with E-state index in [9.17, 15) is 4.79 Å². The van der Waals surface area contributed by atoms with Crippen LogP contribution in [0.15, 0.2) is 36.0 Å². The lowest BCUT2D eigenvalue weighted by Crippen LogP contribution is -2.49. The van der Waals surface area contributed by atoms with E-state index in [1.807, 2.05) is 29.9 Å². The molecule has 1 saturated heterocycles. The van der Waals surface area contributed by atoms with Gasteiger partial charge in [-0.15, -0.1) is 11.3 Å². The third kappa shape index (κ3) is 2.59. The molecule has 0 aliphatic carbocycles. The Morgan fingerprint density at radius 2 is 2.30 bits per heavy atom. The van der Waals surface area contributed by atoms with Crippen LogP contribution in [-0.2, 0) is 11.3 Å². The molecule has 3 rings (SSSR count). The summed E-state index contributed by atoms with van der Waals surface area (Å²) < 4.78 is 0. The number of hydrogen-bond donors (Lipinski definition) is 1. The monoisotopic (exact) mass is 287 g/mol. The topological polar surface area (TPSA) is 45.2 Å². The number of nitrogens with one attached hydrogen (secondary N) is 1. The second-order valence-corrected chi connectivity index (χ2v) is 5.96. The zero-order valence-corrected chi connectivity index (χ0v) is 12.2. The molecular weight excluding hydrogens is 270 g/mol. The van der Waals surface area contributed by atoms with E-state index < -0.39 is 0 Å². The van der Waals surface area contributed by atoms with E-state index >= 15 is 0 Å². The molecule has 104 valence electrons. The molecule has 5 heteroatoms. The number of hydrogen-bond acceptors (Lipinski definition) is 4. The predicted octanol–water partition coefficient (Wildman–Crippen LogP) is 2.12. The fourth-order valence-corrected chi connectivity index (χ4v) is 3.26. The smallest absolute Gasteiger partial charge is 0.242 e. The van der Waals surface area contributed by atoms with Crippen LogP contribution in [0.1, 0.15) is 22.0 Å². The third-order valence-electron chi connectivity index (χ3n) is 3.64. The Labute approximate surface area is 122 Å². The average Bonchev–Trinajstić information content (AvgIpc) is 2.93. The van der Waals surface area contributed by atoms with Crippen molar-refractivity contribution in [1.29, 1.82) is 0 Å². The maximum atomic E-state index is 12.3. The van der Waals surface area contributed by atoms with Crippen LogP contribution in [0.25, 0.3) is 0 Å². The number of carbonyl (C=O) groups is 1. The Kier molecular flexibility index (Phi) is 3.80. The lowest BCUT2D eigenvalue weighted by Gasteiger charge is -2.35. The van der Waals surface area contributed by atoms with Gasteiger partial charge in [-0.3, -0.25) is 14.7 Å². The van der Waals surface area contributed by atoms with Crippen LogP contribution in [0.4, 0.5) is 0 Å². The van der Waals surface area contributed by atoms with Crippen molar-refractivity contribution in [2.45, 2.75) is 19.5 Å². The molecule has 2 aromatic rings. The predicted molar refractivity (Wildman–Crippen MR) is 79.5 cm³/mol. The highest BCUT2D eigenvalue weighted by atomic mass is 32.1. The van der Waals surface area contributed by atoms with Crippen LogP contribution >= 0.6 is 11.3 Å². The number of piperazine rings is 1. The largest absolute Gasteiger partial charge is 0.353 e. The number of carbonyl (C=O) groups excluding carboxylic acids is 1. The van der Waals surface area contributed by atoms with Crippen LogP contribution in [0.2, 0.25) is 0 Å². The summed E-state index contributed by atoms with van der Waals surface area (Å²) in [6, 6.07) is 7.90. The molecule has 1 aromatic heterocycles. The van der Waals surface area contributed by atoms with Gasteiger partial charge in [-0.25, -0.2) is 0 Å². The van der Waals surface area contributed by atoms with Crippen LogP contribution in [0, 0.1) is 6.92 Å². The number of aromatic nitrogens is 1. The second kappa shape index (κ2) is 5.73. The third-order valence-corrected chi connectivity index (χ3v) is 4.40. The van der Waals surface area contributed by atoms with Gasteiger partial charge in [0, 0.05) is 30.7 Å². The second-order valence-electron chi connectivity index (χ2n) is 4.99. The average molecular weight is 287 g/mol. The number of rotatable bonds is 3. The van der Waals surface area contributed by atoms with Crippen molar-refractivity contribution >= 4 is 17.2 Å². The summed E-state index contributed by atoms with van der Waals surface area (Å²) in [5.41, 5.74) is 4.08. The van der Waals surface area contributed by atoms with E-state index in [-0.39, 0.29) is 11.9 Å². The number of thiazole rings is 1. The van der Waals surface area contributed by atoms with Crippen molar-refractivity contribution in [2.75, 3.05) is 13.1 Å². The maximum absolute atomic E-state index is 12.3. The summed E-state index contributed by atoms with van der Waals surface area (Å²) in [5.74, 6) is 0.0927. The first kappa shape index (κ1) is 13.3. The van der Waals surface area contributed by atoms with Crippen molar-refractivity contribution in [3.8, 4) is 0 Å². The molecule has 1 atom stereocenters. The fraction of sp³-hybridized carbons (Fsp3) is 0.333. The Morgan fingerprint density at radius 3 is 3.05 bits per heavy atom. The molecule has 1 aliphatic heterocycles. The van der Waals surface area contributed by atoms with E-state index in [0.29, 0.717) is 6.54 Å². The van der Waals surface area contributed by atoms with Gasteiger partial charge in [-0.05, 0) is 18.1 Å². The molecule has 0 spiro atoms. The van der Waals surface area contributed by atoms with Crippen molar-refractivity contribution < 1.29 is 4.79 Å². The summed E-state index contributed by atoms with van der Waals surface area (Å²) in [5, 5.41) is 2.97. The van der Waals surface area contributed by atoms with Gasteiger partial charge in [-0.1, -0.05) is 24.3 Å². The first-order chi connectivity index (χ1) is 9.75. The summed E-state index contributed by atoms with van der Waals surface area (Å²) in [4.78, 5) is 19.9. The van der Waals surface area contributed by atoms with Crippen LogP contribution in [-0.4, -0.2) is 28.9 Å². The molecule has 0 radical (unpaired) electrons. The van der Waals surface area contributed by atoms with Gasteiger partial charge < -0.3 is 5.32 Å². The molecular formula is C15H17N3OS. The van der Waals surface area contributed by atoms with E-state index in [0.717, 1.165) is 24.2 Å². The van der Waals surface area contributed by atoms with Gasteiger partial charge in [0.05, 0.1) is 5.51 Å². The molecule has 1 amide bonds. The van der Waals surface area contributed by atoms with E-state index in [1.165, 1.54) is 4.88 Å². The van der Waals surface area contributed by atoms with E-state index in [2.05, 4.69) is 28.2 Å². The minimum absolute atomic E-state index is 0.0927. The molecule has 1 N–H and O–H groups in total. The lowest BCUT2D eigenvalue weighted by atomic mass is 9.98. The highest BCUT2D eigenvalue weighted by Gasteiger charge is 2.32. The van der Waals surface area contributed by atoms with Crippen molar-refractivity contribution in [3.05, 3.63) is 52.0 Å². The summed E-state index contributed by atoms with van der Waals surface area (Å²) in [7, 11) is 0. The highest BCUT2D eigenvalue weighted by Crippen LogP contribution is 2.28. The summed E-state index contributed by atoms with van der Waals surface area (Å²) in [6.07, 6.45) is 1.88. The highest BCUT2D eigenvalue weighted by molar-refractivity contribution is 7.09. The van der Waals surface area contributed by atoms with Crippen molar-refractivity contribution in [1.82, 2.24) is 15.2 Å². The van der Waals surface area contributed by atoms with E-state index in [1.54, 1.807) is 11.3 Å². The Balaban J connectivity index is 1.91. The van der Waals surface area contributed by atoms with Gasteiger partial charge in [0.2, 0.25) is 5.91 Å². The molecule has 20 heavy (non-hydrogen) atoms. The van der Waals surface area contributed by atoms with Crippen LogP contribution < -0.4 is 5.32 Å². The van der Waals surface area contributed by atoms with Crippen LogP contribution in [0.5, 0.6) is 0 Å². The normalized spacial score (nSPS) is 19.9. The molecule has 1 aliphatic rings.